The Balaban J connectivity index is 1.94. The van der Waals surface area contributed by atoms with E-state index in [1.54, 1.807) is 43.3 Å². The molecule has 3 aromatic rings. The number of hydrogen-bond donors (Lipinski definition) is 1. The summed E-state index contributed by atoms with van der Waals surface area (Å²) in [7, 11) is 0. The van der Waals surface area contributed by atoms with Gasteiger partial charge in [0.2, 0.25) is 0 Å². The van der Waals surface area contributed by atoms with Gasteiger partial charge in [0.25, 0.3) is 11.5 Å². The summed E-state index contributed by atoms with van der Waals surface area (Å²) in [6.07, 6.45) is 0. The smallest absolute Gasteiger partial charge is 0.268 e. The number of amides is 1. The van der Waals surface area contributed by atoms with E-state index in [1.807, 2.05) is 13.0 Å². The third-order valence-corrected chi connectivity index (χ3v) is 4.44. The molecule has 138 valence electrons. The van der Waals surface area contributed by atoms with Crippen LogP contribution in [0, 0.1) is 19.7 Å². The van der Waals surface area contributed by atoms with Crippen LogP contribution in [0.1, 0.15) is 27.2 Å². The van der Waals surface area contributed by atoms with Gasteiger partial charge in [-0.2, -0.15) is 0 Å². The number of nitrogens with one attached hydrogen (secondary N) is 1. The molecule has 6 heteroatoms. The Hall–Kier alpha value is -2.92. The number of rotatable bonds is 4. The molecule has 0 radical (unpaired) electrons. The van der Waals surface area contributed by atoms with Crippen molar-refractivity contribution in [1.82, 2.24) is 9.88 Å². The van der Waals surface area contributed by atoms with E-state index in [4.69, 9.17) is 11.6 Å². The number of pyridine rings is 1. The molecule has 4 nitrogen and oxygen atoms in total. The average molecular weight is 385 g/mol. The van der Waals surface area contributed by atoms with Gasteiger partial charge >= 0.3 is 0 Å². The number of carbonyl (C=O) groups is 1. The maximum absolute atomic E-state index is 14.3. The third kappa shape index (κ3) is 4.09. The first kappa shape index (κ1) is 18.9. The van der Waals surface area contributed by atoms with E-state index in [0.29, 0.717) is 10.7 Å². The number of carbonyl (C=O) groups excluding carboxylic acids is 1. The summed E-state index contributed by atoms with van der Waals surface area (Å²) in [5.41, 5.74) is 1.67. The van der Waals surface area contributed by atoms with Gasteiger partial charge in [0.05, 0.1) is 5.69 Å². The van der Waals surface area contributed by atoms with Crippen molar-refractivity contribution >= 4 is 17.5 Å². The van der Waals surface area contributed by atoms with Crippen molar-refractivity contribution in [2.45, 2.75) is 20.4 Å². The number of aryl methyl sites for hydroxylation is 2. The van der Waals surface area contributed by atoms with Gasteiger partial charge in [0.15, 0.2) is 0 Å². The molecule has 1 N–H and O–H groups in total. The highest BCUT2D eigenvalue weighted by Gasteiger charge is 2.16. The Labute approximate surface area is 161 Å². The maximum Gasteiger partial charge on any atom is 0.268 e. The fraction of sp³-hybridized carbons (Fsp3) is 0.143. The lowest BCUT2D eigenvalue weighted by atomic mass is 10.1. The van der Waals surface area contributed by atoms with Crippen molar-refractivity contribution < 1.29 is 9.18 Å². The first-order chi connectivity index (χ1) is 12.9. The Bertz CT molecular complexity index is 1080. The second kappa shape index (κ2) is 7.76. The largest absolute Gasteiger partial charge is 0.348 e. The number of nitrogens with zero attached hydrogens (tertiary/aromatic N) is 1. The average Bonchev–Trinajstić information content (AvgIpc) is 2.63. The van der Waals surface area contributed by atoms with Gasteiger partial charge in [0, 0.05) is 17.3 Å². The highest BCUT2D eigenvalue weighted by molar-refractivity contribution is 6.30. The Morgan fingerprint density at radius 3 is 2.63 bits per heavy atom. The van der Waals surface area contributed by atoms with Gasteiger partial charge in [-0.25, -0.2) is 4.39 Å². The summed E-state index contributed by atoms with van der Waals surface area (Å²) >= 11 is 5.93. The second-order valence-electron chi connectivity index (χ2n) is 6.30. The van der Waals surface area contributed by atoms with Crippen LogP contribution in [0.4, 0.5) is 4.39 Å². The van der Waals surface area contributed by atoms with E-state index in [0.717, 1.165) is 11.1 Å². The molecule has 27 heavy (non-hydrogen) atoms. The molecule has 3 rings (SSSR count). The molecule has 0 unspecified atom stereocenters. The standard InChI is InChI=1S/C21H18ClFN2O2/c1-13-6-9-18(23)19(10-13)25-14(2)7-8-17(21(25)27)20(26)24-12-15-4-3-5-16(22)11-15/h3-11H,12H2,1-2H3,(H,24,26). The van der Waals surface area contributed by atoms with Crippen molar-refractivity contribution in [3.05, 3.63) is 98.2 Å². The van der Waals surface area contributed by atoms with Crippen molar-refractivity contribution in [3.63, 3.8) is 0 Å². The summed E-state index contributed by atoms with van der Waals surface area (Å²) in [6, 6.07) is 14.7. The lowest BCUT2D eigenvalue weighted by molar-refractivity contribution is 0.0949. The van der Waals surface area contributed by atoms with Crippen LogP contribution in [0.25, 0.3) is 5.69 Å². The normalized spacial score (nSPS) is 10.7. The second-order valence-corrected chi connectivity index (χ2v) is 6.73. The number of benzene rings is 2. The minimum absolute atomic E-state index is 0.0523. The Morgan fingerprint density at radius 1 is 1.11 bits per heavy atom. The zero-order valence-electron chi connectivity index (χ0n) is 14.9. The van der Waals surface area contributed by atoms with Gasteiger partial charge in [0.1, 0.15) is 11.4 Å². The Morgan fingerprint density at radius 2 is 1.89 bits per heavy atom. The molecule has 0 atom stereocenters. The molecule has 2 aromatic carbocycles. The fourth-order valence-corrected chi connectivity index (χ4v) is 3.03. The van der Waals surface area contributed by atoms with Gasteiger partial charge in [-0.05, 0) is 61.4 Å². The number of aromatic nitrogens is 1. The van der Waals surface area contributed by atoms with Gasteiger partial charge in [-0.3, -0.25) is 14.2 Å². The monoisotopic (exact) mass is 384 g/mol. The van der Waals surface area contributed by atoms with E-state index in [-0.39, 0.29) is 17.8 Å². The minimum atomic E-state index is -0.567. The molecule has 0 aliphatic heterocycles. The molecular weight excluding hydrogens is 367 g/mol. The van der Waals surface area contributed by atoms with Crippen LogP contribution in [0.3, 0.4) is 0 Å². The lowest BCUT2D eigenvalue weighted by Gasteiger charge is -2.13. The van der Waals surface area contributed by atoms with Crippen LogP contribution in [0.15, 0.2) is 59.4 Å². The van der Waals surface area contributed by atoms with Gasteiger partial charge in [-0.15, -0.1) is 0 Å². The summed E-state index contributed by atoms with van der Waals surface area (Å²) in [6.45, 7) is 3.73. The molecular formula is C21H18ClFN2O2. The minimum Gasteiger partial charge on any atom is -0.348 e. The molecule has 1 amide bonds. The van der Waals surface area contributed by atoms with E-state index in [2.05, 4.69) is 5.32 Å². The first-order valence-electron chi connectivity index (χ1n) is 8.38. The van der Waals surface area contributed by atoms with Crippen LogP contribution >= 0.6 is 11.6 Å². The topological polar surface area (TPSA) is 51.1 Å². The fourth-order valence-electron chi connectivity index (χ4n) is 2.82. The summed E-state index contributed by atoms with van der Waals surface area (Å²) in [4.78, 5) is 25.4. The van der Waals surface area contributed by atoms with Crippen LogP contribution < -0.4 is 10.9 Å². The molecule has 0 saturated carbocycles. The quantitative estimate of drug-likeness (QED) is 0.733. The van der Waals surface area contributed by atoms with E-state index < -0.39 is 17.3 Å². The van der Waals surface area contributed by atoms with Crippen LogP contribution in [-0.2, 0) is 6.54 Å². The van der Waals surface area contributed by atoms with Gasteiger partial charge in [-0.1, -0.05) is 29.8 Å². The summed E-state index contributed by atoms with van der Waals surface area (Å²) in [5, 5.41) is 3.27. The zero-order valence-corrected chi connectivity index (χ0v) is 15.7. The number of halogens is 2. The van der Waals surface area contributed by atoms with Crippen molar-refractivity contribution in [2.24, 2.45) is 0 Å². The van der Waals surface area contributed by atoms with Crippen molar-refractivity contribution in [1.29, 1.82) is 0 Å². The zero-order chi connectivity index (χ0) is 19.6. The van der Waals surface area contributed by atoms with Crippen molar-refractivity contribution in [2.75, 3.05) is 0 Å². The summed E-state index contributed by atoms with van der Waals surface area (Å²) < 4.78 is 15.5. The molecule has 0 fully saturated rings. The van der Waals surface area contributed by atoms with E-state index >= 15 is 0 Å². The molecule has 0 aliphatic carbocycles. The molecule has 0 bridgehead atoms. The number of hydrogen-bond acceptors (Lipinski definition) is 2. The summed E-state index contributed by atoms with van der Waals surface area (Å²) in [5.74, 6) is -1.05. The van der Waals surface area contributed by atoms with E-state index in [9.17, 15) is 14.0 Å². The van der Waals surface area contributed by atoms with Crippen molar-refractivity contribution in [3.8, 4) is 5.69 Å². The predicted molar refractivity (Wildman–Crippen MR) is 104 cm³/mol. The highest BCUT2D eigenvalue weighted by Crippen LogP contribution is 2.16. The van der Waals surface area contributed by atoms with E-state index in [1.165, 1.54) is 16.7 Å². The first-order valence-corrected chi connectivity index (χ1v) is 8.76. The third-order valence-electron chi connectivity index (χ3n) is 4.21. The molecule has 1 aromatic heterocycles. The maximum atomic E-state index is 14.3. The highest BCUT2D eigenvalue weighted by atomic mass is 35.5. The molecule has 1 heterocycles. The predicted octanol–water partition coefficient (Wildman–Crippen LogP) is 4.18. The molecule has 0 spiro atoms. The van der Waals surface area contributed by atoms with Crippen LogP contribution in [0.5, 0.6) is 0 Å². The lowest BCUT2D eigenvalue weighted by Crippen LogP contribution is -2.33. The molecule has 0 saturated heterocycles. The van der Waals surface area contributed by atoms with Gasteiger partial charge < -0.3 is 5.32 Å². The van der Waals surface area contributed by atoms with Crippen LogP contribution in [-0.4, -0.2) is 10.5 Å². The Kier molecular flexibility index (Phi) is 5.42. The molecule has 0 aliphatic rings. The SMILES string of the molecule is Cc1ccc(F)c(-n2c(C)ccc(C(=O)NCc3cccc(Cl)c3)c2=O)c1. The van der Waals surface area contributed by atoms with Crippen LogP contribution in [0.2, 0.25) is 5.02 Å².